The summed E-state index contributed by atoms with van der Waals surface area (Å²) in [6.45, 7) is 5.00. The molecule has 0 aliphatic heterocycles. The topological polar surface area (TPSA) is 17.8 Å². The summed E-state index contributed by atoms with van der Waals surface area (Å²) >= 11 is 12.4. The third-order valence-electron chi connectivity index (χ3n) is 3.56. The van der Waals surface area contributed by atoms with Crippen molar-refractivity contribution in [2.45, 2.75) is 26.8 Å². The van der Waals surface area contributed by atoms with Gasteiger partial charge in [0.05, 0.1) is 0 Å². The van der Waals surface area contributed by atoms with Gasteiger partial charge in [-0.1, -0.05) is 60.5 Å². The fraction of sp³-hybridized carbons (Fsp3) is 0.235. The SMILES string of the molecule is Br.CCCn1c(-c2cc(C)cc3ccccc23)nc(Cl)c1Cl. The minimum atomic E-state index is 0. The normalized spacial score (nSPS) is 10.7. The number of aryl methyl sites for hydroxylation is 1. The second-order valence-corrected chi connectivity index (χ2v) is 5.92. The Morgan fingerprint density at radius 2 is 1.86 bits per heavy atom. The third kappa shape index (κ3) is 3.03. The standard InChI is InChI=1S/C17H16Cl2N2.BrH/c1-3-8-21-16(19)15(18)20-17(21)14-10-11(2)9-12-6-4-5-7-13(12)14;/h4-7,9-10H,3,8H2,1-2H3;1H. The minimum absolute atomic E-state index is 0. The van der Waals surface area contributed by atoms with Crippen LogP contribution in [0.25, 0.3) is 22.2 Å². The van der Waals surface area contributed by atoms with Crippen molar-refractivity contribution in [2.75, 3.05) is 0 Å². The zero-order chi connectivity index (χ0) is 15.0. The molecule has 0 unspecified atom stereocenters. The van der Waals surface area contributed by atoms with Gasteiger partial charge in [0.15, 0.2) is 5.15 Å². The van der Waals surface area contributed by atoms with Crippen molar-refractivity contribution < 1.29 is 0 Å². The first-order chi connectivity index (χ1) is 10.1. The van der Waals surface area contributed by atoms with Crippen LogP contribution in [0.4, 0.5) is 0 Å². The average molecular weight is 400 g/mol. The summed E-state index contributed by atoms with van der Waals surface area (Å²) in [7, 11) is 0. The van der Waals surface area contributed by atoms with Gasteiger partial charge in [-0.05, 0) is 35.7 Å². The molecule has 1 heterocycles. The highest BCUT2D eigenvalue weighted by molar-refractivity contribution is 8.93. The highest BCUT2D eigenvalue weighted by Gasteiger charge is 2.17. The Labute approximate surface area is 150 Å². The molecule has 0 radical (unpaired) electrons. The van der Waals surface area contributed by atoms with Gasteiger partial charge in [0.1, 0.15) is 11.0 Å². The molecule has 0 spiro atoms. The molecule has 3 rings (SSSR count). The van der Waals surface area contributed by atoms with E-state index in [1.807, 2.05) is 16.7 Å². The summed E-state index contributed by atoms with van der Waals surface area (Å²) in [5, 5.41) is 3.24. The van der Waals surface area contributed by atoms with Crippen molar-refractivity contribution in [3.05, 3.63) is 52.3 Å². The summed E-state index contributed by atoms with van der Waals surface area (Å²) in [5.74, 6) is 0.840. The molecule has 0 saturated heterocycles. The van der Waals surface area contributed by atoms with Crippen LogP contribution in [-0.4, -0.2) is 9.55 Å². The molecule has 0 amide bonds. The number of nitrogens with zero attached hydrogens (tertiary/aromatic N) is 2. The van der Waals surface area contributed by atoms with Crippen LogP contribution in [0.1, 0.15) is 18.9 Å². The summed E-state index contributed by atoms with van der Waals surface area (Å²) in [5.41, 5.74) is 2.27. The molecule has 0 bridgehead atoms. The van der Waals surface area contributed by atoms with E-state index in [1.54, 1.807) is 0 Å². The molecule has 1 aromatic heterocycles. The van der Waals surface area contributed by atoms with Crippen LogP contribution in [0.15, 0.2) is 36.4 Å². The van der Waals surface area contributed by atoms with Crippen molar-refractivity contribution in [2.24, 2.45) is 0 Å². The van der Waals surface area contributed by atoms with Crippen LogP contribution >= 0.6 is 40.2 Å². The van der Waals surface area contributed by atoms with E-state index < -0.39 is 0 Å². The molecule has 0 fully saturated rings. The van der Waals surface area contributed by atoms with Gasteiger partial charge in [-0.25, -0.2) is 4.98 Å². The van der Waals surface area contributed by atoms with E-state index in [-0.39, 0.29) is 17.0 Å². The largest absolute Gasteiger partial charge is 0.314 e. The summed E-state index contributed by atoms with van der Waals surface area (Å²) < 4.78 is 1.99. The fourth-order valence-electron chi connectivity index (χ4n) is 2.68. The van der Waals surface area contributed by atoms with E-state index in [9.17, 15) is 0 Å². The fourth-order valence-corrected chi connectivity index (χ4v) is 3.07. The first-order valence-electron chi connectivity index (χ1n) is 7.03. The van der Waals surface area contributed by atoms with Crippen LogP contribution in [0, 0.1) is 6.92 Å². The Morgan fingerprint density at radius 3 is 2.59 bits per heavy atom. The number of rotatable bonds is 3. The van der Waals surface area contributed by atoms with Gasteiger partial charge in [-0.3, -0.25) is 0 Å². The van der Waals surface area contributed by atoms with E-state index in [2.05, 4.69) is 43.1 Å². The van der Waals surface area contributed by atoms with Crippen LogP contribution in [0.3, 0.4) is 0 Å². The Bertz CT molecular complexity index is 812. The Kier molecular flexibility index (Phi) is 5.54. The second kappa shape index (κ2) is 7.03. The molecule has 2 aromatic carbocycles. The smallest absolute Gasteiger partial charge is 0.166 e. The molecule has 0 saturated carbocycles. The van der Waals surface area contributed by atoms with E-state index in [0.717, 1.165) is 24.4 Å². The molecule has 5 heteroatoms. The molecule has 0 aliphatic rings. The number of hydrogen-bond acceptors (Lipinski definition) is 1. The summed E-state index contributed by atoms with van der Waals surface area (Å²) in [6.07, 6.45) is 0.975. The highest BCUT2D eigenvalue weighted by atomic mass is 79.9. The minimum Gasteiger partial charge on any atom is -0.314 e. The lowest BCUT2D eigenvalue weighted by Gasteiger charge is -2.11. The molecule has 3 aromatic rings. The van der Waals surface area contributed by atoms with Gasteiger partial charge in [-0.15, -0.1) is 17.0 Å². The molecular formula is C17H17BrCl2N2. The third-order valence-corrected chi connectivity index (χ3v) is 4.30. The molecule has 0 aliphatic carbocycles. The van der Waals surface area contributed by atoms with Gasteiger partial charge in [0.25, 0.3) is 0 Å². The summed E-state index contributed by atoms with van der Waals surface area (Å²) in [4.78, 5) is 4.49. The van der Waals surface area contributed by atoms with Gasteiger partial charge < -0.3 is 4.57 Å². The number of benzene rings is 2. The Morgan fingerprint density at radius 1 is 1.14 bits per heavy atom. The maximum absolute atomic E-state index is 6.30. The molecular weight excluding hydrogens is 383 g/mol. The molecule has 116 valence electrons. The first-order valence-corrected chi connectivity index (χ1v) is 7.78. The zero-order valence-corrected chi connectivity index (χ0v) is 15.7. The van der Waals surface area contributed by atoms with Crippen molar-refractivity contribution in [3.63, 3.8) is 0 Å². The van der Waals surface area contributed by atoms with E-state index in [4.69, 9.17) is 23.2 Å². The molecule has 2 nitrogen and oxygen atoms in total. The van der Waals surface area contributed by atoms with E-state index in [1.165, 1.54) is 16.3 Å². The number of halogens is 3. The lowest BCUT2D eigenvalue weighted by molar-refractivity contribution is 0.686. The van der Waals surface area contributed by atoms with Gasteiger partial charge in [0.2, 0.25) is 0 Å². The lowest BCUT2D eigenvalue weighted by atomic mass is 10.0. The van der Waals surface area contributed by atoms with Gasteiger partial charge >= 0.3 is 0 Å². The first kappa shape index (κ1) is 17.3. The van der Waals surface area contributed by atoms with Crippen molar-refractivity contribution in [1.82, 2.24) is 9.55 Å². The van der Waals surface area contributed by atoms with Gasteiger partial charge in [0, 0.05) is 12.1 Å². The number of aromatic nitrogens is 2. The lowest BCUT2D eigenvalue weighted by Crippen LogP contribution is -2.00. The molecule has 22 heavy (non-hydrogen) atoms. The van der Waals surface area contributed by atoms with Gasteiger partial charge in [-0.2, -0.15) is 0 Å². The predicted octanol–water partition coefficient (Wildman–Crippen LogP) is 6.31. The zero-order valence-electron chi connectivity index (χ0n) is 12.4. The maximum atomic E-state index is 6.30. The van der Waals surface area contributed by atoms with Crippen LogP contribution < -0.4 is 0 Å². The van der Waals surface area contributed by atoms with Crippen LogP contribution in [0.2, 0.25) is 10.3 Å². The second-order valence-electron chi connectivity index (χ2n) is 5.20. The number of imidazole rings is 1. The molecule has 0 atom stereocenters. The van der Waals surface area contributed by atoms with Crippen LogP contribution in [-0.2, 0) is 6.54 Å². The van der Waals surface area contributed by atoms with Crippen molar-refractivity contribution >= 4 is 51.0 Å². The van der Waals surface area contributed by atoms with E-state index in [0.29, 0.717) is 10.3 Å². The van der Waals surface area contributed by atoms with Crippen molar-refractivity contribution in [3.8, 4) is 11.4 Å². The average Bonchev–Trinajstić information content (AvgIpc) is 2.75. The van der Waals surface area contributed by atoms with E-state index >= 15 is 0 Å². The quantitative estimate of drug-likeness (QED) is 0.504. The van der Waals surface area contributed by atoms with Crippen LogP contribution in [0.5, 0.6) is 0 Å². The Hall–Kier alpha value is -1.03. The monoisotopic (exact) mass is 398 g/mol. The maximum Gasteiger partial charge on any atom is 0.166 e. The number of hydrogen-bond donors (Lipinski definition) is 0. The van der Waals surface area contributed by atoms with Crippen molar-refractivity contribution in [1.29, 1.82) is 0 Å². The number of fused-ring (bicyclic) bond motifs is 1. The predicted molar refractivity (Wildman–Crippen MR) is 101 cm³/mol. The summed E-state index contributed by atoms with van der Waals surface area (Å²) in [6, 6.07) is 12.6. The Balaban J connectivity index is 0.00000176. The molecule has 0 N–H and O–H groups in total. The highest BCUT2D eigenvalue weighted by Crippen LogP contribution is 2.34.